The molecule has 0 bridgehead atoms. The van der Waals surface area contributed by atoms with Crippen LogP contribution in [0.15, 0.2) is 78.9 Å². The second-order valence-electron chi connectivity index (χ2n) is 6.50. The van der Waals surface area contributed by atoms with Crippen molar-refractivity contribution in [3.8, 4) is 0 Å². The summed E-state index contributed by atoms with van der Waals surface area (Å²) in [7, 11) is 0. The largest absolute Gasteiger partial charge is 0.366 e. The maximum Gasteiger partial charge on any atom is 0.261 e. The molecular weight excluding hydrogens is 310 g/mol. The summed E-state index contributed by atoms with van der Waals surface area (Å²) in [5, 5.41) is 11.7. The molecule has 3 aromatic rings. The fraction of sp³-hybridized carbons (Fsp3) is 0.136. The van der Waals surface area contributed by atoms with Crippen LogP contribution in [0.5, 0.6) is 0 Å². The zero-order valence-electron chi connectivity index (χ0n) is 14.0. The van der Waals surface area contributed by atoms with Gasteiger partial charge >= 0.3 is 0 Å². The Morgan fingerprint density at radius 1 is 0.880 bits per heavy atom. The second kappa shape index (κ2) is 5.87. The summed E-state index contributed by atoms with van der Waals surface area (Å²) < 4.78 is 0. The predicted octanol–water partition coefficient (Wildman–Crippen LogP) is 4.04. The molecule has 0 saturated heterocycles. The van der Waals surface area contributed by atoms with Crippen molar-refractivity contribution < 1.29 is 9.90 Å². The minimum atomic E-state index is -1.40. The van der Waals surface area contributed by atoms with Gasteiger partial charge < -0.3 is 5.11 Å². The lowest BCUT2D eigenvalue weighted by molar-refractivity contribution is 0.0395. The molecule has 25 heavy (non-hydrogen) atoms. The molecule has 3 heteroatoms. The molecule has 3 aromatic carbocycles. The monoisotopic (exact) mass is 329 g/mol. The van der Waals surface area contributed by atoms with Crippen molar-refractivity contribution in [3.63, 3.8) is 0 Å². The number of hydrogen-bond acceptors (Lipinski definition) is 2. The third-order valence-corrected chi connectivity index (χ3v) is 4.75. The molecule has 4 rings (SSSR count). The highest BCUT2D eigenvalue weighted by atomic mass is 16.3. The first-order chi connectivity index (χ1) is 12.1. The Hall–Kier alpha value is -2.91. The maximum atomic E-state index is 13.1. The SMILES string of the molecule is Cc1ccc(N2C(=O)c3ccccc3C2(O)Cc2ccccc2)cc1. The number of aliphatic hydroxyl groups is 1. The fourth-order valence-electron chi connectivity index (χ4n) is 3.51. The topological polar surface area (TPSA) is 40.5 Å². The smallest absolute Gasteiger partial charge is 0.261 e. The van der Waals surface area contributed by atoms with E-state index in [0.717, 1.165) is 11.1 Å². The van der Waals surface area contributed by atoms with E-state index in [4.69, 9.17) is 0 Å². The van der Waals surface area contributed by atoms with Gasteiger partial charge in [0.1, 0.15) is 0 Å². The standard InChI is InChI=1S/C22H19NO2/c1-16-11-13-18(14-12-16)23-21(24)19-9-5-6-10-20(19)22(23,25)15-17-7-3-2-4-8-17/h2-14,25H,15H2,1H3. The molecule has 1 aliphatic rings. The van der Waals surface area contributed by atoms with Gasteiger partial charge in [-0.2, -0.15) is 0 Å². The third-order valence-electron chi connectivity index (χ3n) is 4.75. The van der Waals surface area contributed by atoms with E-state index in [-0.39, 0.29) is 5.91 Å². The summed E-state index contributed by atoms with van der Waals surface area (Å²) in [6, 6.07) is 24.8. The molecule has 0 saturated carbocycles. The molecule has 1 amide bonds. The molecule has 0 aliphatic carbocycles. The molecule has 124 valence electrons. The lowest BCUT2D eigenvalue weighted by Crippen LogP contribution is -2.45. The molecule has 1 aliphatic heterocycles. The number of carbonyl (C=O) groups is 1. The van der Waals surface area contributed by atoms with Crippen molar-refractivity contribution in [1.29, 1.82) is 0 Å². The molecule has 1 atom stereocenters. The van der Waals surface area contributed by atoms with Crippen LogP contribution >= 0.6 is 0 Å². The van der Waals surface area contributed by atoms with Crippen molar-refractivity contribution in [2.45, 2.75) is 19.1 Å². The van der Waals surface area contributed by atoms with Crippen LogP contribution in [-0.4, -0.2) is 11.0 Å². The quantitative estimate of drug-likeness (QED) is 0.788. The Balaban J connectivity index is 1.86. The Kier molecular flexibility index (Phi) is 3.66. The highest BCUT2D eigenvalue weighted by molar-refractivity contribution is 6.11. The normalized spacial score (nSPS) is 19.1. The van der Waals surface area contributed by atoms with E-state index < -0.39 is 5.72 Å². The summed E-state index contributed by atoms with van der Waals surface area (Å²) in [6.07, 6.45) is 0.338. The van der Waals surface area contributed by atoms with Gasteiger partial charge in [-0.3, -0.25) is 9.69 Å². The number of hydrogen-bond donors (Lipinski definition) is 1. The Morgan fingerprint density at radius 2 is 1.52 bits per heavy atom. The molecular formula is C22H19NO2. The van der Waals surface area contributed by atoms with Crippen LogP contribution in [0.25, 0.3) is 0 Å². The number of anilines is 1. The van der Waals surface area contributed by atoms with Gasteiger partial charge in [-0.1, -0.05) is 66.2 Å². The first-order valence-electron chi connectivity index (χ1n) is 8.37. The van der Waals surface area contributed by atoms with Crippen LogP contribution in [0.1, 0.15) is 27.0 Å². The lowest BCUT2D eigenvalue weighted by atomic mass is 9.94. The minimum Gasteiger partial charge on any atom is -0.366 e. The Morgan fingerprint density at radius 3 is 2.24 bits per heavy atom. The van der Waals surface area contributed by atoms with Gasteiger partial charge in [0.15, 0.2) is 5.72 Å². The van der Waals surface area contributed by atoms with Crippen LogP contribution in [0, 0.1) is 6.92 Å². The van der Waals surface area contributed by atoms with E-state index in [9.17, 15) is 9.90 Å². The van der Waals surface area contributed by atoms with Crippen molar-refractivity contribution in [2.24, 2.45) is 0 Å². The van der Waals surface area contributed by atoms with Crippen molar-refractivity contribution in [2.75, 3.05) is 4.90 Å². The summed E-state index contributed by atoms with van der Waals surface area (Å²) >= 11 is 0. The van der Waals surface area contributed by atoms with Crippen molar-refractivity contribution in [1.82, 2.24) is 0 Å². The second-order valence-corrected chi connectivity index (χ2v) is 6.50. The maximum absolute atomic E-state index is 13.1. The number of carbonyl (C=O) groups excluding carboxylic acids is 1. The van der Waals surface area contributed by atoms with Crippen LogP contribution in [0.2, 0.25) is 0 Å². The van der Waals surface area contributed by atoms with E-state index in [1.54, 1.807) is 6.07 Å². The first kappa shape index (κ1) is 15.6. The molecule has 0 radical (unpaired) electrons. The van der Waals surface area contributed by atoms with Gasteiger partial charge in [-0.05, 0) is 30.7 Å². The fourth-order valence-corrected chi connectivity index (χ4v) is 3.51. The molecule has 1 heterocycles. The summed E-state index contributed by atoms with van der Waals surface area (Å²) in [6.45, 7) is 2.00. The first-order valence-corrected chi connectivity index (χ1v) is 8.37. The van der Waals surface area contributed by atoms with Crippen LogP contribution in [0.3, 0.4) is 0 Å². The Bertz CT molecular complexity index is 918. The van der Waals surface area contributed by atoms with E-state index in [1.165, 1.54) is 4.90 Å². The van der Waals surface area contributed by atoms with Crippen LogP contribution in [-0.2, 0) is 12.1 Å². The molecule has 0 aromatic heterocycles. The summed E-state index contributed by atoms with van der Waals surface area (Å²) in [5.41, 5.74) is 2.60. The number of fused-ring (bicyclic) bond motifs is 1. The van der Waals surface area contributed by atoms with Gasteiger partial charge in [-0.25, -0.2) is 0 Å². The minimum absolute atomic E-state index is 0.169. The highest BCUT2D eigenvalue weighted by Crippen LogP contribution is 2.42. The summed E-state index contributed by atoms with van der Waals surface area (Å²) in [4.78, 5) is 14.6. The molecule has 3 nitrogen and oxygen atoms in total. The highest BCUT2D eigenvalue weighted by Gasteiger charge is 2.49. The van der Waals surface area contributed by atoms with E-state index in [2.05, 4.69) is 0 Å². The van der Waals surface area contributed by atoms with Gasteiger partial charge in [-0.15, -0.1) is 0 Å². The number of aryl methyl sites for hydroxylation is 1. The van der Waals surface area contributed by atoms with Gasteiger partial charge in [0.05, 0.1) is 0 Å². The van der Waals surface area contributed by atoms with Gasteiger partial charge in [0.2, 0.25) is 0 Å². The average Bonchev–Trinajstić information content (AvgIpc) is 2.85. The third kappa shape index (κ3) is 2.53. The van der Waals surface area contributed by atoms with Crippen LogP contribution < -0.4 is 4.90 Å². The predicted molar refractivity (Wildman–Crippen MR) is 98.5 cm³/mol. The molecule has 0 fully saturated rings. The van der Waals surface area contributed by atoms with Crippen LogP contribution in [0.4, 0.5) is 5.69 Å². The van der Waals surface area contributed by atoms with E-state index in [0.29, 0.717) is 23.2 Å². The number of rotatable bonds is 3. The number of nitrogens with zero attached hydrogens (tertiary/aromatic N) is 1. The summed E-state index contributed by atoms with van der Waals surface area (Å²) in [5.74, 6) is -0.169. The number of amides is 1. The van der Waals surface area contributed by atoms with E-state index in [1.807, 2.05) is 79.7 Å². The van der Waals surface area contributed by atoms with Gasteiger partial charge in [0, 0.05) is 23.2 Å². The molecule has 1 unspecified atom stereocenters. The zero-order valence-corrected chi connectivity index (χ0v) is 14.0. The molecule has 1 N–H and O–H groups in total. The van der Waals surface area contributed by atoms with E-state index >= 15 is 0 Å². The van der Waals surface area contributed by atoms with Crippen molar-refractivity contribution >= 4 is 11.6 Å². The number of benzene rings is 3. The zero-order chi connectivity index (χ0) is 17.4. The van der Waals surface area contributed by atoms with Crippen molar-refractivity contribution in [3.05, 3.63) is 101 Å². The Labute approximate surface area is 147 Å². The average molecular weight is 329 g/mol. The molecule has 0 spiro atoms. The lowest BCUT2D eigenvalue weighted by Gasteiger charge is -2.34. The van der Waals surface area contributed by atoms with Gasteiger partial charge in [0.25, 0.3) is 5.91 Å².